The van der Waals surface area contributed by atoms with E-state index in [4.69, 9.17) is 16.3 Å². The predicted molar refractivity (Wildman–Crippen MR) is 101 cm³/mol. The number of aromatic nitrogens is 2. The second-order valence-electron chi connectivity index (χ2n) is 5.50. The van der Waals surface area contributed by atoms with Crippen molar-refractivity contribution in [2.75, 3.05) is 12.4 Å². The Balaban J connectivity index is 1.77. The molecule has 1 N–H and O–H groups in total. The van der Waals surface area contributed by atoms with Crippen LogP contribution in [0.2, 0.25) is 5.02 Å². The summed E-state index contributed by atoms with van der Waals surface area (Å²) in [5.74, 6) is 0.373. The molecule has 7 heteroatoms. The molecule has 0 fully saturated rings. The summed E-state index contributed by atoms with van der Waals surface area (Å²) in [5, 5.41) is 7.56. The lowest BCUT2D eigenvalue weighted by molar-refractivity contribution is -0.117. The number of carbonyl (C=O) groups is 1. The van der Waals surface area contributed by atoms with Gasteiger partial charge in [0.25, 0.3) is 5.56 Å². The second-order valence-corrected chi connectivity index (χ2v) is 5.93. The first kappa shape index (κ1) is 17.7. The van der Waals surface area contributed by atoms with Gasteiger partial charge in [-0.15, -0.1) is 0 Å². The average molecular weight is 370 g/mol. The van der Waals surface area contributed by atoms with Crippen LogP contribution in [-0.4, -0.2) is 22.8 Å². The van der Waals surface area contributed by atoms with E-state index in [0.29, 0.717) is 16.4 Å². The summed E-state index contributed by atoms with van der Waals surface area (Å²) in [5.41, 5.74) is 1.65. The van der Waals surface area contributed by atoms with Crippen molar-refractivity contribution in [2.45, 2.75) is 6.54 Å². The van der Waals surface area contributed by atoms with Crippen LogP contribution < -0.4 is 15.6 Å². The molecule has 2 aromatic carbocycles. The molecule has 6 nitrogen and oxygen atoms in total. The smallest absolute Gasteiger partial charge is 0.267 e. The van der Waals surface area contributed by atoms with Gasteiger partial charge in [-0.3, -0.25) is 9.59 Å². The monoisotopic (exact) mass is 369 g/mol. The Labute approximate surface area is 155 Å². The van der Waals surface area contributed by atoms with Gasteiger partial charge in [0.05, 0.1) is 12.8 Å². The highest BCUT2D eigenvalue weighted by Gasteiger charge is 2.09. The molecule has 0 bridgehead atoms. The number of nitrogens with one attached hydrogen (secondary N) is 1. The zero-order valence-corrected chi connectivity index (χ0v) is 14.7. The average Bonchev–Trinajstić information content (AvgIpc) is 2.65. The number of methoxy groups -OCH3 is 1. The van der Waals surface area contributed by atoms with Crippen LogP contribution in [0.25, 0.3) is 11.3 Å². The molecule has 0 aliphatic rings. The third kappa shape index (κ3) is 4.29. The molecule has 0 aliphatic heterocycles. The van der Waals surface area contributed by atoms with E-state index in [0.717, 1.165) is 16.0 Å². The van der Waals surface area contributed by atoms with Gasteiger partial charge in [0, 0.05) is 22.3 Å². The molecule has 1 amide bonds. The van der Waals surface area contributed by atoms with Crippen molar-refractivity contribution < 1.29 is 9.53 Å². The summed E-state index contributed by atoms with van der Waals surface area (Å²) in [6.45, 7) is -0.189. The van der Waals surface area contributed by atoms with Gasteiger partial charge in [-0.05, 0) is 54.6 Å². The van der Waals surface area contributed by atoms with Crippen LogP contribution in [0.1, 0.15) is 0 Å². The fraction of sp³-hybridized carbons (Fsp3) is 0.105. The second kappa shape index (κ2) is 7.84. The molecule has 1 heterocycles. The molecule has 1 aromatic heterocycles. The fourth-order valence-electron chi connectivity index (χ4n) is 2.35. The van der Waals surface area contributed by atoms with E-state index in [9.17, 15) is 9.59 Å². The lowest BCUT2D eigenvalue weighted by atomic mass is 10.1. The first-order valence-corrected chi connectivity index (χ1v) is 8.21. The Morgan fingerprint density at radius 2 is 1.77 bits per heavy atom. The van der Waals surface area contributed by atoms with Crippen molar-refractivity contribution >= 4 is 23.2 Å². The van der Waals surface area contributed by atoms with Crippen LogP contribution >= 0.6 is 11.6 Å². The fourth-order valence-corrected chi connectivity index (χ4v) is 2.47. The quantitative estimate of drug-likeness (QED) is 0.749. The van der Waals surface area contributed by atoms with Gasteiger partial charge in [-0.25, -0.2) is 4.68 Å². The highest BCUT2D eigenvalue weighted by atomic mass is 35.5. The van der Waals surface area contributed by atoms with E-state index in [1.165, 1.54) is 6.07 Å². The van der Waals surface area contributed by atoms with Crippen molar-refractivity contribution in [1.29, 1.82) is 0 Å². The summed E-state index contributed by atoms with van der Waals surface area (Å²) < 4.78 is 6.26. The third-order valence-electron chi connectivity index (χ3n) is 3.67. The number of benzene rings is 2. The lowest BCUT2D eigenvalue weighted by Gasteiger charge is -2.09. The van der Waals surface area contributed by atoms with Crippen molar-refractivity contribution in [3.8, 4) is 17.0 Å². The van der Waals surface area contributed by atoms with Crippen LogP contribution in [-0.2, 0) is 11.3 Å². The number of carbonyl (C=O) groups excluding carboxylic acids is 1. The maximum absolute atomic E-state index is 12.2. The standard InChI is InChI=1S/C19H16ClN3O3/c1-26-16-8-2-13(3-9-16)17-10-11-19(25)23(22-17)12-18(24)21-15-6-4-14(20)5-7-15/h2-11H,12H2,1H3,(H,21,24). The zero-order valence-electron chi connectivity index (χ0n) is 14.0. The maximum Gasteiger partial charge on any atom is 0.267 e. The van der Waals surface area contributed by atoms with Gasteiger partial charge in [0.15, 0.2) is 0 Å². The van der Waals surface area contributed by atoms with Crippen molar-refractivity contribution in [3.05, 3.63) is 76.0 Å². The molecule has 0 unspecified atom stereocenters. The van der Waals surface area contributed by atoms with Crippen LogP contribution in [0.15, 0.2) is 65.5 Å². The Morgan fingerprint density at radius 3 is 2.42 bits per heavy atom. The number of ether oxygens (including phenoxy) is 1. The van der Waals surface area contributed by atoms with Crippen LogP contribution in [0.4, 0.5) is 5.69 Å². The SMILES string of the molecule is COc1ccc(-c2ccc(=O)n(CC(=O)Nc3ccc(Cl)cc3)n2)cc1. The zero-order chi connectivity index (χ0) is 18.5. The maximum atomic E-state index is 12.2. The number of anilines is 1. The van der Waals surface area contributed by atoms with E-state index in [1.54, 1.807) is 49.6 Å². The molecule has 0 atom stereocenters. The molecule has 0 saturated carbocycles. The van der Waals surface area contributed by atoms with Crippen LogP contribution in [0.5, 0.6) is 5.75 Å². The van der Waals surface area contributed by atoms with Gasteiger partial charge < -0.3 is 10.1 Å². The minimum atomic E-state index is -0.353. The van der Waals surface area contributed by atoms with Gasteiger partial charge >= 0.3 is 0 Å². The highest BCUT2D eigenvalue weighted by Crippen LogP contribution is 2.19. The Morgan fingerprint density at radius 1 is 1.08 bits per heavy atom. The normalized spacial score (nSPS) is 10.4. The van der Waals surface area contributed by atoms with Crippen molar-refractivity contribution in [3.63, 3.8) is 0 Å². The minimum Gasteiger partial charge on any atom is -0.497 e. The summed E-state index contributed by atoms with van der Waals surface area (Å²) in [7, 11) is 1.59. The molecule has 0 radical (unpaired) electrons. The highest BCUT2D eigenvalue weighted by molar-refractivity contribution is 6.30. The molecular weight excluding hydrogens is 354 g/mol. The van der Waals surface area contributed by atoms with Crippen LogP contribution in [0, 0.1) is 0 Å². The van der Waals surface area contributed by atoms with Gasteiger partial charge in [-0.2, -0.15) is 5.10 Å². The van der Waals surface area contributed by atoms with Crippen LogP contribution in [0.3, 0.4) is 0 Å². The lowest BCUT2D eigenvalue weighted by Crippen LogP contribution is -2.29. The van der Waals surface area contributed by atoms with E-state index in [1.807, 2.05) is 12.1 Å². The van der Waals surface area contributed by atoms with Crippen molar-refractivity contribution in [2.24, 2.45) is 0 Å². The Hall–Kier alpha value is -3.12. The predicted octanol–water partition coefficient (Wildman–Crippen LogP) is 3.21. The molecular formula is C19H16ClN3O3. The van der Waals surface area contributed by atoms with E-state index in [2.05, 4.69) is 10.4 Å². The molecule has 3 aromatic rings. The first-order valence-electron chi connectivity index (χ1n) is 7.83. The summed E-state index contributed by atoms with van der Waals surface area (Å²) in [4.78, 5) is 24.2. The summed E-state index contributed by atoms with van der Waals surface area (Å²) in [6, 6.07) is 17.0. The first-order chi connectivity index (χ1) is 12.5. The van der Waals surface area contributed by atoms with Gasteiger partial charge in [-0.1, -0.05) is 11.6 Å². The molecule has 132 valence electrons. The Kier molecular flexibility index (Phi) is 5.34. The van der Waals surface area contributed by atoms with E-state index in [-0.39, 0.29) is 18.0 Å². The molecule has 3 rings (SSSR count). The molecule has 0 aliphatic carbocycles. The number of nitrogens with zero attached hydrogens (tertiary/aromatic N) is 2. The largest absolute Gasteiger partial charge is 0.497 e. The summed E-state index contributed by atoms with van der Waals surface area (Å²) >= 11 is 5.82. The van der Waals surface area contributed by atoms with E-state index < -0.39 is 0 Å². The minimum absolute atomic E-state index is 0.189. The number of halogens is 1. The van der Waals surface area contributed by atoms with Gasteiger partial charge in [0.2, 0.25) is 5.91 Å². The summed E-state index contributed by atoms with van der Waals surface area (Å²) in [6.07, 6.45) is 0. The van der Waals surface area contributed by atoms with Crippen molar-refractivity contribution in [1.82, 2.24) is 9.78 Å². The topological polar surface area (TPSA) is 73.2 Å². The van der Waals surface area contributed by atoms with E-state index >= 15 is 0 Å². The molecule has 0 saturated heterocycles. The third-order valence-corrected chi connectivity index (χ3v) is 3.93. The number of hydrogen-bond acceptors (Lipinski definition) is 4. The Bertz CT molecular complexity index is 967. The number of hydrogen-bond donors (Lipinski definition) is 1. The van der Waals surface area contributed by atoms with Gasteiger partial charge in [0.1, 0.15) is 12.3 Å². The number of rotatable bonds is 5. The number of amides is 1. The molecule has 26 heavy (non-hydrogen) atoms. The molecule has 0 spiro atoms.